The highest BCUT2D eigenvalue weighted by molar-refractivity contribution is 7.99. The maximum Gasteiger partial charge on any atom is 0.234 e. The normalized spacial score (nSPS) is 14.2. The average molecular weight is 468 g/mol. The number of carbonyl (C=O) groups is 2. The van der Waals surface area contributed by atoms with Gasteiger partial charge >= 0.3 is 0 Å². The number of benzene rings is 2. The Morgan fingerprint density at radius 1 is 1.00 bits per heavy atom. The van der Waals surface area contributed by atoms with E-state index < -0.39 is 0 Å². The zero-order valence-electron chi connectivity index (χ0n) is 18.5. The molecule has 0 atom stereocenters. The topological polar surface area (TPSA) is 80.1 Å². The van der Waals surface area contributed by atoms with Crippen molar-refractivity contribution in [1.82, 2.24) is 19.7 Å². The van der Waals surface area contributed by atoms with E-state index in [0.717, 1.165) is 24.6 Å². The Morgan fingerprint density at radius 2 is 1.70 bits per heavy atom. The first-order chi connectivity index (χ1) is 16.0. The molecule has 0 radical (unpaired) electrons. The standard InChI is InChI=1S/C24H26FN5O2S/c1-17(31)18-5-9-20(10-6-18)26-23(32)16-33-24-28-27-22(15-29-13-3-2-4-14-29)30(24)21-11-7-19(25)8-12-21/h5-12H,2-4,13-16H2,1H3,(H,26,32). The minimum atomic E-state index is -0.311. The molecule has 9 heteroatoms. The molecule has 172 valence electrons. The van der Waals surface area contributed by atoms with Crippen LogP contribution in [-0.2, 0) is 11.3 Å². The van der Waals surface area contributed by atoms with Crippen LogP contribution < -0.4 is 5.32 Å². The molecule has 0 aliphatic carbocycles. The molecule has 3 aromatic rings. The molecule has 1 aliphatic heterocycles. The van der Waals surface area contributed by atoms with Gasteiger partial charge in [-0.1, -0.05) is 18.2 Å². The maximum atomic E-state index is 13.5. The zero-order valence-corrected chi connectivity index (χ0v) is 19.3. The van der Waals surface area contributed by atoms with E-state index in [2.05, 4.69) is 20.4 Å². The van der Waals surface area contributed by atoms with Crippen LogP contribution >= 0.6 is 11.8 Å². The van der Waals surface area contributed by atoms with E-state index in [4.69, 9.17) is 0 Å². The van der Waals surface area contributed by atoms with E-state index in [9.17, 15) is 14.0 Å². The van der Waals surface area contributed by atoms with Crippen molar-refractivity contribution in [3.05, 3.63) is 65.7 Å². The molecule has 2 heterocycles. The van der Waals surface area contributed by atoms with Gasteiger partial charge in [-0.05, 0) is 81.4 Å². The first kappa shape index (κ1) is 23.1. The van der Waals surface area contributed by atoms with Crippen LogP contribution in [0.2, 0.25) is 0 Å². The van der Waals surface area contributed by atoms with Gasteiger partial charge in [0.15, 0.2) is 16.8 Å². The fourth-order valence-corrected chi connectivity index (χ4v) is 4.55. The van der Waals surface area contributed by atoms with Gasteiger partial charge in [-0.2, -0.15) is 0 Å². The Labute approximate surface area is 196 Å². The predicted octanol–water partition coefficient (Wildman–Crippen LogP) is 4.33. The van der Waals surface area contributed by atoms with E-state index >= 15 is 0 Å². The van der Waals surface area contributed by atoms with Crippen LogP contribution in [0.4, 0.5) is 10.1 Å². The summed E-state index contributed by atoms with van der Waals surface area (Å²) in [5.74, 6) is 0.378. The number of aromatic nitrogens is 3. The molecule has 1 aliphatic rings. The minimum Gasteiger partial charge on any atom is -0.325 e. The third kappa shape index (κ3) is 6.06. The van der Waals surface area contributed by atoms with E-state index in [1.54, 1.807) is 36.4 Å². The molecule has 1 saturated heterocycles. The van der Waals surface area contributed by atoms with Gasteiger partial charge < -0.3 is 5.32 Å². The lowest BCUT2D eigenvalue weighted by atomic mass is 10.1. The number of nitrogens with one attached hydrogen (secondary N) is 1. The molecule has 0 unspecified atom stereocenters. The van der Waals surface area contributed by atoms with E-state index in [0.29, 0.717) is 23.0 Å². The molecule has 0 spiro atoms. The molecular formula is C24H26FN5O2S. The third-order valence-corrected chi connectivity index (χ3v) is 6.44. The number of hydrogen-bond acceptors (Lipinski definition) is 6. The largest absolute Gasteiger partial charge is 0.325 e. The molecule has 33 heavy (non-hydrogen) atoms. The second-order valence-electron chi connectivity index (χ2n) is 8.02. The van der Waals surface area contributed by atoms with Crippen molar-refractivity contribution in [3.8, 4) is 5.69 Å². The van der Waals surface area contributed by atoms with Gasteiger partial charge in [-0.25, -0.2) is 4.39 Å². The fraction of sp³-hybridized carbons (Fsp3) is 0.333. The first-order valence-corrected chi connectivity index (χ1v) is 11.9. The van der Waals surface area contributed by atoms with Gasteiger partial charge in [0.25, 0.3) is 0 Å². The van der Waals surface area contributed by atoms with Crippen molar-refractivity contribution in [2.45, 2.75) is 37.9 Å². The number of likely N-dealkylation sites (tertiary alicyclic amines) is 1. The summed E-state index contributed by atoms with van der Waals surface area (Å²) >= 11 is 1.28. The predicted molar refractivity (Wildman–Crippen MR) is 126 cm³/mol. The quantitative estimate of drug-likeness (QED) is 0.393. The molecule has 1 amide bonds. The second kappa shape index (κ2) is 10.7. The molecule has 4 rings (SSSR count). The van der Waals surface area contributed by atoms with E-state index in [1.807, 2.05) is 4.57 Å². The number of anilines is 1. The Hall–Kier alpha value is -3.04. The number of hydrogen-bond donors (Lipinski definition) is 1. The Balaban J connectivity index is 1.47. The van der Waals surface area contributed by atoms with Crippen molar-refractivity contribution >= 4 is 29.1 Å². The number of halogens is 1. The Bertz CT molecular complexity index is 1110. The highest BCUT2D eigenvalue weighted by Gasteiger charge is 2.19. The van der Waals surface area contributed by atoms with Gasteiger partial charge in [0.2, 0.25) is 5.91 Å². The molecule has 1 aromatic heterocycles. The summed E-state index contributed by atoms with van der Waals surface area (Å²) in [5.41, 5.74) is 1.98. The zero-order chi connectivity index (χ0) is 23.2. The van der Waals surface area contributed by atoms with Crippen molar-refractivity contribution in [1.29, 1.82) is 0 Å². The number of amides is 1. The fourth-order valence-electron chi connectivity index (χ4n) is 3.78. The number of ketones is 1. The molecule has 1 fully saturated rings. The smallest absolute Gasteiger partial charge is 0.234 e. The molecule has 0 bridgehead atoms. The second-order valence-corrected chi connectivity index (χ2v) is 8.96. The summed E-state index contributed by atoms with van der Waals surface area (Å²) in [7, 11) is 0. The maximum absolute atomic E-state index is 13.5. The molecule has 7 nitrogen and oxygen atoms in total. The van der Waals surface area contributed by atoms with E-state index in [1.165, 1.54) is 50.1 Å². The van der Waals surface area contributed by atoms with Crippen LogP contribution in [0.5, 0.6) is 0 Å². The van der Waals surface area contributed by atoms with Crippen LogP contribution in [0.3, 0.4) is 0 Å². The Morgan fingerprint density at radius 3 is 2.36 bits per heavy atom. The van der Waals surface area contributed by atoms with Crippen LogP contribution in [0.1, 0.15) is 42.4 Å². The summed E-state index contributed by atoms with van der Waals surface area (Å²) in [6.45, 7) is 4.19. The summed E-state index contributed by atoms with van der Waals surface area (Å²) in [6.07, 6.45) is 3.58. The van der Waals surface area contributed by atoms with Crippen molar-refractivity contribution < 1.29 is 14.0 Å². The molecule has 2 aromatic carbocycles. The SMILES string of the molecule is CC(=O)c1ccc(NC(=O)CSc2nnc(CN3CCCCC3)n2-c2ccc(F)cc2)cc1. The van der Waals surface area contributed by atoms with Crippen molar-refractivity contribution in [3.63, 3.8) is 0 Å². The summed E-state index contributed by atoms with van der Waals surface area (Å²) in [6, 6.07) is 13.0. The summed E-state index contributed by atoms with van der Waals surface area (Å²) in [5, 5.41) is 12.1. The van der Waals surface area contributed by atoms with Crippen LogP contribution in [-0.4, -0.2) is 50.2 Å². The molecule has 0 saturated carbocycles. The average Bonchev–Trinajstić information content (AvgIpc) is 3.21. The summed E-state index contributed by atoms with van der Waals surface area (Å²) < 4.78 is 15.4. The third-order valence-electron chi connectivity index (χ3n) is 5.51. The van der Waals surface area contributed by atoms with Crippen LogP contribution in [0.25, 0.3) is 5.69 Å². The lowest BCUT2D eigenvalue weighted by molar-refractivity contribution is -0.113. The van der Waals surface area contributed by atoms with Crippen LogP contribution in [0, 0.1) is 5.82 Å². The van der Waals surface area contributed by atoms with Gasteiger partial charge in [0.1, 0.15) is 5.82 Å². The van der Waals surface area contributed by atoms with Gasteiger partial charge in [-0.3, -0.25) is 19.1 Å². The van der Waals surface area contributed by atoms with Crippen LogP contribution in [0.15, 0.2) is 53.7 Å². The van der Waals surface area contributed by atoms with Gasteiger partial charge in [-0.15, -0.1) is 10.2 Å². The number of piperidine rings is 1. The number of carbonyl (C=O) groups excluding carboxylic acids is 2. The first-order valence-electron chi connectivity index (χ1n) is 11.0. The monoisotopic (exact) mass is 467 g/mol. The minimum absolute atomic E-state index is 0.0241. The lowest BCUT2D eigenvalue weighted by Crippen LogP contribution is -2.30. The van der Waals surface area contributed by atoms with Gasteiger partial charge in [0, 0.05) is 16.9 Å². The highest BCUT2D eigenvalue weighted by atomic mass is 32.2. The van der Waals surface area contributed by atoms with Crippen molar-refractivity contribution in [2.24, 2.45) is 0 Å². The van der Waals surface area contributed by atoms with E-state index in [-0.39, 0.29) is 23.3 Å². The summed E-state index contributed by atoms with van der Waals surface area (Å²) in [4.78, 5) is 26.3. The number of rotatable bonds is 8. The van der Waals surface area contributed by atoms with Gasteiger partial charge in [0.05, 0.1) is 12.3 Å². The lowest BCUT2D eigenvalue weighted by Gasteiger charge is -2.26. The Kier molecular flexibility index (Phi) is 7.51. The number of thioether (sulfide) groups is 1. The molecular weight excluding hydrogens is 441 g/mol. The van der Waals surface area contributed by atoms with Crippen molar-refractivity contribution in [2.75, 3.05) is 24.2 Å². The molecule has 1 N–H and O–H groups in total. The highest BCUT2D eigenvalue weighted by Crippen LogP contribution is 2.24. The number of Topliss-reactive ketones (excluding diaryl/α,β-unsaturated/α-hetero) is 1. The number of nitrogens with zero attached hydrogens (tertiary/aromatic N) is 4.